The zero-order valence-electron chi connectivity index (χ0n) is 9.58. The molecule has 3 heteroatoms. The van der Waals surface area contributed by atoms with Gasteiger partial charge in [-0.1, -0.05) is 13.8 Å². The van der Waals surface area contributed by atoms with Crippen molar-refractivity contribution in [1.29, 1.82) is 0 Å². The fourth-order valence-corrected chi connectivity index (χ4v) is 1.24. The molecule has 0 heterocycles. The molecule has 0 aromatic heterocycles. The van der Waals surface area contributed by atoms with Crippen molar-refractivity contribution in [2.45, 2.75) is 13.8 Å². The van der Waals surface area contributed by atoms with Crippen molar-refractivity contribution in [2.75, 3.05) is 46.8 Å². The van der Waals surface area contributed by atoms with Gasteiger partial charge in [0.25, 0.3) is 0 Å². The van der Waals surface area contributed by atoms with Gasteiger partial charge in [0.2, 0.25) is 0 Å². The van der Waals surface area contributed by atoms with Crippen LogP contribution in [0.25, 0.3) is 0 Å². The van der Waals surface area contributed by atoms with E-state index in [9.17, 15) is 0 Å². The van der Waals surface area contributed by atoms with Crippen molar-refractivity contribution in [3.63, 3.8) is 0 Å². The zero-order chi connectivity index (χ0) is 10.3. The van der Waals surface area contributed by atoms with Crippen LogP contribution in [0.2, 0.25) is 0 Å². The summed E-state index contributed by atoms with van der Waals surface area (Å²) in [5.41, 5.74) is 5.59. The summed E-state index contributed by atoms with van der Waals surface area (Å²) >= 11 is 0. The first-order chi connectivity index (χ1) is 6.10. The Bertz CT molecular complexity index is 115. The maximum atomic E-state index is 5.59. The number of hydrogen-bond acceptors (Lipinski definition) is 3. The monoisotopic (exact) mass is 187 g/mol. The predicted molar refractivity (Wildman–Crippen MR) is 58.9 cm³/mol. The second kappa shape index (κ2) is 7.30. The van der Waals surface area contributed by atoms with E-state index in [0.717, 1.165) is 32.7 Å². The normalized spacial score (nSPS) is 14.1. The first-order valence-corrected chi connectivity index (χ1v) is 5.17. The van der Waals surface area contributed by atoms with Crippen LogP contribution in [-0.2, 0) is 0 Å². The van der Waals surface area contributed by atoms with E-state index in [4.69, 9.17) is 5.73 Å². The van der Waals surface area contributed by atoms with E-state index in [-0.39, 0.29) is 0 Å². The molecule has 1 atom stereocenters. The first-order valence-electron chi connectivity index (χ1n) is 5.17. The summed E-state index contributed by atoms with van der Waals surface area (Å²) in [7, 11) is 4.22. The van der Waals surface area contributed by atoms with Crippen LogP contribution >= 0.6 is 0 Å². The SMILES string of the molecule is CCN(CCN(C)C)CC(C)CN. The van der Waals surface area contributed by atoms with Crippen LogP contribution in [0.5, 0.6) is 0 Å². The minimum atomic E-state index is 0.613. The average molecular weight is 187 g/mol. The summed E-state index contributed by atoms with van der Waals surface area (Å²) in [6.07, 6.45) is 0. The number of nitrogens with two attached hydrogens (primary N) is 1. The van der Waals surface area contributed by atoms with Gasteiger partial charge in [0.1, 0.15) is 0 Å². The molecule has 0 aromatic rings. The minimum absolute atomic E-state index is 0.613. The summed E-state index contributed by atoms with van der Waals surface area (Å²) < 4.78 is 0. The Morgan fingerprint density at radius 1 is 1.23 bits per heavy atom. The van der Waals surface area contributed by atoms with Crippen molar-refractivity contribution < 1.29 is 0 Å². The Hall–Kier alpha value is -0.120. The summed E-state index contributed by atoms with van der Waals surface area (Å²) in [5.74, 6) is 0.613. The van der Waals surface area contributed by atoms with Crippen LogP contribution < -0.4 is 5.73 Å². The Labute approximate surface area is 82.9 Å². The highest BCUT2D eigenvalue weighted by Crippen LogP contribution is 1.97. The summed E-state index contributed by atoms with van der Waals surface area (Å²) in [6, 6.07) is 0. The largest absolute Gasteiger partial charge is 0.330 e. The van der Waals surface area contributed by atoms with Crippen LogP contribution in [0, 0.1) is 5.92 Å². The Morgan fingerprint density at radius 2 is 1.85 bits per heavy atom. The molecule has 0 aliphatic heterocycles. The number of rotatable bonds is 7. The third-order valence-electron chi connectivity index (χ3n) is 2.28. The lowest BCUT2D eigenvalue weighted by atomic mass is 10.1. The molecule has 0 bridgehead atoms. The Kier molecular flexibility index (Phi) is 7.23. The quantitative estimate of drug-likeness (QED) is 0.629. The molecule has 0 aliphatic carbocycles. The van der Waals surface area contributed by atoms with Gasteiger partial charge in [-0.15, -0.1) is 0 Å². The van der Waals surface area contributed by atoms with E-state index >= 15 is 0 Å². The molecule has 0 saturated heterocycles. The second-order valence-electron chi connectivity index (χ2n) is 4.04. The zero-order valence-corrected chi connectivity index (χ0v) is 9.58. The van der Waals surface area contributed by atoms with Crippen LogP contribution in [0.3, 0.4) is 0 Å². The lowest BCUT2D eigenvalue weighted by Gasteiger charge is -2.24. The van der Waals surface area contributed by atoms with Crippen molar-refractivity contribution in [3.05, 3.63) is 0 Å². The molecule has 0 fully saturated rings. The van der Waals surface area contributed by atoms with Gasteiger partial charge in [-0.05, 0) is 33.1 Å². The molecule has 13 heavy (non-hydrogen) atoms. The molecule has 0 amide bonds. The molecule has 0 spiro atoms. The van der Waals surface area contributed by atoms with Gasteiger partial charge in [-0.25, -0.2) is 0 Å². The summed E-state index contributed by atoms with van der Waals surface area (Å²) in [5, 5.41) is 0. The Balaban J connectivity index is 3.62. The number of hydrogen-bond donors (Lipinski definition) is 1. The highest BCUT2D eigenvalue weighted by molar-refractivity contribution is 4.62. The van der Waals surface area contributed by atoms with Crippen LogP contribution in [0.4, 0.5) is 0 Å². The van der Waals surface area contributed by atoms with Crippen molar-refractivity contribution in [3.8, 4) is 0 Å². The van der Waals surface area contributed by atoms with Gasteiger partial charge < -0.3 is 15.5 Å². The molecule has 2 N–H and O–H groups in total. The standard InChI is InChI=1S/C10H25N3/c1-5-13(7-6-12(3)4)9-10(2)8-11/h10H,5-9,11H2,1-4H3. The molecular weight excluding hydrogens is 162 g/mol. The number of likely N-dealkylation sites (N-methyl/N-ethyl adjacent to an activating group) is 2. The van der Waals surface area contributed by atoms with E-state index < -0.39 is 0 Å². The summed E-state index contributed by atoms with van der Waals surface area (Å²) in [6.45, 7) is 9.73. The molecular formula is C10H25N3. The molecule has 3 nitrogen and oxygen atoms in total. The Morgan fingerprint density at radius 3 is 2.23 bits per heavy atom. The van der Waals surface area contributed by atoms with Crippen LogP contribution in [-0.4, -0.2) is 56.6 Å². The van der Waals surface area contributed by atoms with Gasteiger partial charge in [0.15, 0.2) is 0 Å². The summed E-state index contributed by atoms with van der Waals surface area (Å²) in [4.78, 5) is 4.67. The second-order valence-corrected chi connectivity index (χ2v) is 4.04. The molecule has 0 aromatic carbocycles. The molecule has 80 valence electrons. The average Bonchev–Trinajstić information content (AvgIpc) is 2.11. The van der Waals surface area contributed by atoms with E-state index in [0.29, 0.717) is 5.92 Å². The van der Waals surface area contributed by atoms with Gasteiger partial charge >= 0.3 is 0 Å². The van der Waals surface area contributed by atoms with Gasteiger partial charge in [-0.3, -0.25) is 0 Å². The predicted octanol–water partition coefficient (Wildman–Crippen LogP) is 0.465. The topological polar surface area (TPSA) is 32.5 Å². The maximum absolute atomic E-state index is 5.59. The first kappa shape index (κ1) is 12.9. The fraction of sp³-hybridized carbons (Fsp3) is 1.00. The highest BCUT2D eigenvalue weighted by Gasteiger charge is 2.06. The van der Waals surface area contributed by atoms with Crippen molar-refractivity contribution in [2.24, 2.45) is 11.7 Å². The molecule has 0 radical (unpaired) electrons. The van der Waals surface area contributed by atoms with Crippen LogP contribution in [0.1, 0.15) is 13.8 Å². The van der Waals surface area contributed by atoms with E-state index in [2.05, 4.69) is 37.7 Å². The minimum Gasteiger partial charge on any atom is -0.330 e. The van der Waals surface area contributed by atoms with Crippen molar-refractivity contribution >= 4 is 0 Å². The molecule has 0 rings (SSSR count). The van der Waals surface area contributed by atoms with Crippen LogP contribution in [0.15, 0.2) is 0 Å². The van der Waals surface area contributed by atoms with E-state index in [1.54, 1.807) is 0 Å². The van der Waals surface area contributed by atoms with E-state index in [1.807, 2.05) is 0 Å². The lowest BCUT2D eigenvalue weighted by Crippen LogP contribution is -2.36. The third kappa shape index (κ3) is 6.99. The maximum Gasteiger partial charge on any atom is 0.0109 e. The van der Waals surface area contributed by atoms with Gasteiger partial charge in [0, 0.05) is 19.6 Å². The lowest BCUT2D eigenvalue weighted by molar-refractivity contribution is 0.225. The fourth-order valence-electron chi connectivity index (χ4n) is 1.24. The van der Waals surface area contributed by atoms with Gasteiger partial charge in [0.05, 0.1) is 0 Å². The molecule has 0 aliphatic rings. The molecule has 0 saturated carbocycles. The smallest absolute Gasteiger partial charge is 0.0109 e. The van der Waals surface area contributed by atoms with Gasteiger partial charge in [-0.2, -0.15) is 0 Å². The van der Waals surface area contributed by atoms with E-state index in [1.165, 1.54) is 0 Å². The number of nitrogens with zero attached hydrogens (tertiary/aromatic N) is 2. The highest BCUT2D eigenvalue weighted by atomic mass is 15.2. The molecule has 1 unspecified atom stereocenters. The van der Waals surface area contributed by atoms with Crippen molar-refractivity contribution in [1.82, 2.24) is 9.80 Å². The third-order valence-corrected chi connectivity index (χ3v) is 2.28.